The third-order valence-corrected chi connectivity index (χ3v) is 3.36. The molecule has 0 radical (unpaired) electrons. The molecule has 20 heavy (non-hydrogen) atoms. The fraction of sp³-hybridized carbons (Fsp3) is 0.357. The van der Waals surface area contributed by atoms with Gasteiger partial charge in [-0.15, -0.1) is 0 Å². The summed E-state index contributed by atoms with van der Waals surface area (Å²) in [5, 5.41) is 7.46. The first-order valence-electron chi connectivity index (χ1n) is 6.81. The van der Waals surface area contributed by atoms with Crippen LogP contribution in [0.25, 0.3) is 5.69 Å². The Hall–Kier alpha value is -2.21. The minimum absolute atomic E-state index is 0.0114. The molecule has 2 aromatic heterocycles. The van der Waals surface area contributed by atoms with Crippen molar-refractivity contribution in [3.8, 4) is 5.69 Å². The van der Waals surface area contributed by atoms with Crippen molar-refractivity contribution < 1.29 is 4.79 Å². The highest BCUT2D eigenvalue weighted by Crippen LogP contribution is 2.10. The molecular formula is C14H17N5O. The van der Waals surface area contributed by atoms with Gasteiger partial charge < -0.3 is 10.2 Å². The molecule has 3 rings (SSSR count). The monoisotopic (exact) mass is 271 g/mol. The number of hydrogen-bond donors (Lipinski definition) is 1. The van der Waals surface area contributed by atoms with Crippen molar-refractivity contribution in [2.45, 2.75) is 6.42 Å². The summed E-state index contributed by atoms with van der Waals surface area (Å²) < 4.78 is 1.72. The second kappa shape index (κ2) is 5.83. The number of rotatable bonds is 2. The Balaban J connectivity index is 1.82. The lowest BCUT2D eigenvalue weighted by atomic mass is 10.2. The Morgan fingerprint density at radius 1 is 1.25 bits per heavy atom. The van der Waals surface area contributed by atoms with E-state index in [1.54, 1.807) is 23.1 Å². The molecule has 1 saturated heterocycles. The van der Waals surface area contributed by atoms with Crippen LogP contribution in [0.4, 0.5) is 0 Å². The molecule has 104 valence electrons. The third-order valence-electron chi connectivity index (χ3n) is 3.36. The van der Waals surface area contributed by atoms with Crippen LogP contribution in [0.1, 0.15) is 16.9 Å². The standard InChI is InChI=1S/C14H17N5O/c20-14(18-8-1-4-15-7-10-18)13-11-12(3-6-16-13)19-9-2-5-17-19/h2-3,5-6,9,11,15H,1,4,7-8,10H2. The van der Waals surface area contributed by atoms with E-state index in [0.717, 1.165) is 38.3 Å². The van der Waals surface area contributed by atoms with Gasteiger partial charge in [0.25, 0.3) is 5.91 Å². The van der Waals surface area contributed by atoms with E-state index in [9.17, 15) is 4.79 Å². The molecule has 0 atom stereocenters. The van der Waals surface area contributed by atoms with Crippen LogP contribution < -0.4 is 5.32 Å². The highest BCUT2D eigenvalue weighted by Gasteiger charge is 2.18. The summed E-state index contributed by atoms with van der Waals surface area (Å²) in [7, 11) is 0. The molecule has 1 N–H and O–H groups in total. The van der Waals surface area contributed by atoms with Crippen molar-refractivity contribution in [3.63, 3.8) is 0 Å². The first-order chi connectivity index (χ1) is 9.84. The Kier molecular flexibility index (Phi) is 3.73. The number of aromatic nitrogens is 3. The topological polar surface area (TPSA) is 63.1 Å². The van der Waals surface area contributed by atoms with E-state index >= 15 is 0 Å². The van der Waals surface area contributed by atoms with Crippen LogP contribution in [0, 0.1) is 0 Å². The zero-order chi connectivity index (χ0) is 13.8. The minimum atomic E-state index is -0.0114. The van der Waals surface area contributed by atoms with E-state index in [0.29, 0.717) is 5.69 Å². The van der Waals surface area contributed by atoms with Gasteiger partial charge in [0.1, 0.15) is 5.69 Å². The molecule has 0 aromatic carbocycles. The van der Waals surface area contributed by atoms with Crippen LogP contribution in [0.2, 0.25) is 0 Å². The second-order valence-electron chi connectivity index (χ2n) is 4.75. The molecule has 6 nitrogen and oxygen atoms in total. The van der Waals surface area contributed by atoms with E-state index in [1.807, 2.05) is 23.2 Å². The summed E-state index contributed by atoms with van der Waals surface area (Å²) in [6.45, 7) is 3.31. The molecule has 3 heterocycles. The number of nitrogens with zero attached hydrogens (tertiary/aromatic N) is 4. The fourth-order valence-corrected chi connectivity index (χ4v) is 2.31. The predicted octanol–water partition coefficient (Wildman–Crippen LogP) is 0.703. The van der Waals surface area contributed by atoms with Gasteiger partial charge in [-0.3, -0.25) is 9.78 Å². The van der Waals surface area contributed by atoms with Gasteiger partial charge in [0.15, 0.2) is 0 Å². The summed E-state index contributed by atoms with van der Waals surface area (Å²) >= 11 is 0. The van der Waals surface area contributed by atoms with Crippen LogP contribution >= 0.6 is 0 Å². The highest BCUT2D eigenvalue weighted by atomic mass is 16.2. The van der Waals surface area contributed by atoms with Gasteiger partial charge in [0.05, 0.1) is 5.69 Å². The third kappa shape index (κ3) is 2.70. The maximum absolute atomic E-state index is 12.5. The van der Waals surface area contributed by atoms with Gasteiger partial charge in [0.2, 0.25) is 0 Å². The van der Waals surface area contributed by atoms with E-state index in [-0.39, 0.29) is 5.91 Å². The number of hydrogen-bond acceptors (Lipinski definition) is 4. The molecule has 0 bridgehead atoms. The lowest BCUT2D eigenvalue weighted by molar-refractivity contribution is 0.0760. The number of carbonyl (C=O) groups excluding carboxylic acids is 1. The SMILES string of the molecule is O=C(c1cc(-n2cccn2)ccn1)N1CCCNCC1. The molecule has 0 aliphatic carbocycles. The van der Waals surface area contributed by atoms with E-state index in [4.69, 9.17) is 0 Å². The molecule has 2 aromatic rings. The molecule has 0 spiro atoms. The second-order valence-corrected chi connectivity index (χ2v) is 4.75. The quantitative estimate of drug-likeness (QED) is 0.873. The molecule has 1 aliphatic rings. The van der Waals surface area contributed by atoms with Crippen LogP contribution in [0.15, 0.2) is 36.8 Å². The summed E-state index contributed by atoms with van der Waals surface area (Å²) in [6, 6.07) is 5.48. The molecule has 1 amide bonds. The zero-order valence-corrected chi connectivity index (χ0v) is 11.2. The smallest absolute Gasteiger partial charge is 0.272 e. The zero-order valence-electron chi connectivity index (χ0n) is 11.2. The van der Waals surface area contributed by atoms with Crippen molar-refractivity contribution in [2.75, 3.05) is 26.2 Å². The maximum atomic E-state index is 12.5. The minimum Gasteiger partial charge on any atom is -0.336 e. The lowest BCUT2D eigenvalue weighted by Gasteiger charge is -2.19. The Morgan fingerprint density at radius 2 is 2.20 bits per heavy atom. The molecule has 1 aliphatic heterocycles. The summed E-state index contributed by atoms with van der Waals surface area (Å²) in [6.07, 6.45) is 6.19. The Bertz CT molecular complexity index is 573. The molecule has 6 heteroatoms. The largest absolute Gasteiger partial charge is 0.336 e. The van der Waals surface area contributed by atoms with E-state index in [1.165, 1.54) is 0 Å². The Morgan fingerprint density at radius 3 is 3.05 bits per heavy atom. The first-order valence-corrected chi connectivity index (χ1v) is 6.81. The van der Waals surface area contributed by atoms with Gasteiger partial charge >= 0.3 is 0 Å². The summed E-state index contributed by atoms with van der Waals surface area (Å²) in [4.78, 5) is 18.5. The van der Waals surface area contributed by atoms with Crippen molar-refractivity contribution in [2.24, 2.45) is 0 Å². The number of amides is 1. The van der Waals surface area contributed by atoms with Gasteiger partial charge in [-0.05, 0) is 31.2 Å². The predicted molar refractivity (Wildman–Crippen MR) is 74.7 cm³/mol. The molecule has 0 saturated carbocycles. The van der Waals surface area contributed by atoms with Crippen LogP contribution in [-0.4, -0.2) is 51.8 Å². The first kappa shape index (κ1) is 12.8. The highest BCUT2D eigenvalue weighted by molar-refractivity contribution is 5.92. The number of nitrogens with one attached hydrogen (secondary N) is 1. The summed E-state index contributed by atoms with van der Waals surface area (Å²) in [5.74, 6) is -0.0114. The van der Waals surface area contributed by atoms with Gasteiger partial charge in [-0.2, -0.15) is 5.10 Å². The Labute approximate surface area is 117 Å². The maximum Gasteiger partial charge on any atom is 0.272 e. The average Bonchev–Trinajstić information content (AvgIpc) is 2.89. The number of carbonyl (C=O) groups is 1. The summed E-state index contributed by atoms with van der Waals surface area (Å²) in [5.41, 5.74) is 1.32. The lowest BCUT2D eigenvalue weighted by Crippen LogP contribution is -2.34. The van der Waals surface area contributed by atoms with Crippen LogP contribution in [0.3, 0.4) is 0 Å². The molecule has 0 unspecified atom stereocenters. The van der Waals surface area contributed by atoms with Gasteiger partial charge in [-0.25, -0.2) is 4.68 Å². The number of pyridine rings is 1. The normalized spacial score (nSPS) is 15.9. The molecule has 1 fully saturated rings. The van der Waals surface area contributed by atoms with Crippen LogP contribution in [0.5, 0.6) is 0 Å². The van der Waals surface area contributed by atoms with Crippen molar-refractivity contribution in [3.05, 3.63) is 42.5 Å². The average molecular weight is 271 g/mol. The van der Waals surface area contributed by atoms with Crippen molar-refractivity contribution in [1.82, 2.24) is 25.0 Å². The van der Waals surface area contributed by atoms with Gasteiger partial charge in [-0.1, -0.05) is 0 Å². The van der Waals surface area contributed by atoms with E-state index in [2.05, 4.69) is 15.4 Å². The van der Waals surface area contributed by atoms with Crippen molar-refractivity contribution in [1.29, 1.82) is 0 Å². The van der Waals surface area contributed by atoms with Crippen molar-refractivity contribution >= 4 is 5.91 Å². The molecular weight excluding hydrogens is 254 g/mol. The fourth-order valence-electron chi connectivity index (χ4n) is 2.31. The van der Waals surface area contributed by atoms with Gasteiger partial charge in [0, 0.05) is 38.2 Å². The van der Waals surface area contributed by atoms with E-state index < -0.39 is 0 Å². The van der Waals surface area contributed by atoms with Crippen LogP contribution in [-0.2, 0) is 0 Å².